The molecule has 0 radical (unpaired) electrons. The van der Waals surface area contributed by atoms with Crippen molar-refractivity contribution in [3.05, 3.63) is 28.8 Å². The quantitative estimate of drug-likeness (QED) is 0.745. The molecule has 3 aliphatic rings. The lowest BCUT2D eigenvalue weighted by Crippen LogP contribution is -2.33. The molecule has 1 saturated heterocycles. The lowest BCUT2D eigenvalue weighted by molar-refractivity contribution is -0.131. The summed E-state index contributed by atoms with van der Waals surface area (Å²) in [5, 5.41) is 0. The van der Waals surface area contributed by atoms with Crippen LogP contribution in [0, 0.1) is 11.8 Å². The molecule has 0 bridgehead atoms. The molecule has 2 aromatic rings. The van der Waals surface area contributed by atoms with Crippen molar-refractivity contribution in [3.63, 3.8) is 0 Å². The summed E-state index contributed by atoms with van der Waals surface area (Å²) >= 11 is 0. The molecule has 0 unspecified atom stereocenters. The maximum atomic E-state index is 13.5. The Hall–Kier alpha value is -2.11. The molecule has 2 saturated carbocycles. The molecule has 2 aliphatic carbocycles. The Morgan fingerprint density at radius 3 is 2.53 bits per heavy atom. The Bertz CT molecular complexity index is 950. The molecular formula is C24H34N4O2. The molecule has 6 heteroatoms. The largest absolute Gasteiger partial charge is 0.341 e. The smallest absolute Gasteiger partial charge is 0.330 e. The number of aromatic nitrogens is 3. The summed E-state index contributed by atoms with van der Waals surface area (Å²) in [6.45, 7) is 2.19. The SMILES string of the molecule is O=C(CC1CCCC1)N1CC[C@@H](n2c(=O)n(CC3CCCCC3)c3cccnc32)C1. The molecule has 3 fully saturated rings. The first-order valence-electron chi connectivity index (χ1n) is 12.0. The van der Waals surface area contributed by atoms with E-state index in [0.717, 1.165) is 30.7 Å². The first-order valence-corrected chi connectivity index (χ1v) is 12.0. The molecule has 6 nitrogen and oxygen atoms in total. The summed E-state index contributed by atoms with van der Waals surface area (Å²) in [5.74, 6) is 1.43. The van der Waals surface area contributed by atoms with E-state index in [9.17, 15) is 9.59 Å². The van der Waals surface area contributed by atoms with Crippen LogP contribution in [0.25, 0.3) is 11.2 Å². The van der Waals surface area contributed by atoms with Gasteiger partial charge in [0.05, 0.1) is 11.6 Å². The minimum absolute atomic E-state index is 0.0371. The molecule has 0 aromatic carbocycles. The van der Waals surface area contributed by atoms with E-state index in [1.165, 1.54) is 57.8 Å². The Morgan fingerprint density at radius 1 is 1.00 bits per heavy atom. The molecular weight excluding hydrogens is 376 g/mol. The number of hydrogen-bond acceptors (Lipinski definition) is 3. The molecule has 1 atom stereocenters. The number of carbonyl (C=O) groups excluding carboxylic acids is 1. The lowest BCUT2D eigenvalue weighted by atomic mass is 9.89. The topological polar surface area (TPSA) is 60.1 Å². The van der Waals surface area contributed by atoms with Crippen molar-refractivity contribution in [2.45, 2.75) is 83.2 Å². The number of rotatable bonds is 5. The average Bonchev–Trinajstić information content (AvgIpc) is 3.50. The van der Waals surface area contributed by atoms with Crippen LogP contribution in [-0.4, -0.2) is 38.0 Å². The number of fused-ring (bicyclic) bond motifs is 1. The number of hydrogen-bond donors (Lipinski definition) is 0. The van der Waals surface area contributed by atoms with Crippen LogP contribution >= 0.6 is 0 Å². The van der Waals surface area contributed by atoms with Crippen LogP contribution in [0.15, 0.2) is 23.1 Å². The Balaban J connectivity index is 1.37. The molecule has 0 spiro atoms. The average molecular weight is 411 g/mol. The van der Waals surface area contributed by atoms with Gasteiger partial charge in [-0.15, -0.1) is 0 Å². The molecule has 30 heavy (non-hydrogen) atoms. The van der Waals surface area contributed by atoms with E-state index in [1.54, 1.807) is 6.20 Å². The van der Waals surface area contributed by atoms with Crippen LogP contribution < -0.4 is 5.69 Å². The molecule has 1 aliphatic heterocycles. The summed E-state index contributed by atoms with van der Waals surface area (Å²) in [5.41, 5.74) is 1.79. The van der Waals surface area contributed by atoms with Crippen molar-refractivity contribution in [2.75, 3.05) is 13.1 Å². The number of likely N-dealkylation sites (tertiary alicyclic amines) is 1. The van der Waals surface area contributed by atoms with Gasteiger partial charge in [0.1, 0.15) is 0 Å². The minimum atomic E-state index is 0.0371. The lowest BCUT2D eigenvalue weighted by Gasteiger charge is -2.21. The van der Waals surface area contributed by atoms with Gasteiger partial charge in [-0.3, -0.25) is 13.9 Å². The van der Waals surface area contributed by atoms with E-state index in [-0.39, 0.29) is 17.6 Å². The predicted octanol–water partition coefficient (Wildman–Crippen LogP) is 4.13. The summed E-state index contributed by atoms with van der Waals surface area (Å²) in [6, 6.07) is 3.99. The highest BCUT2D eigenvalue weighted by Gasteiger charge is 2.32. The zero-order chi connectivity index (χ0) is 20.5. The Morgan fingerprint density at radius 2 is 1.73 bits per heavy atom. The number of nitrogens with zero attached hydrogens (tertiary/aromatic N) is 4. The second-order valence-electron chi connectivity index (χ2n) is 9.75. The van der Waals surface area contributed by atoms with Crippen LogP contribution in [0.1, 0.15) is 76.7 Å². The van der Waals surface area contributed by atoms with Crippen LogP contribution in [0.5, 0.6) is 0 Å². The highest BCUT2D eigenvalue weighted by atomic mass is 16.2. The summed E-state index contributed by atoms with van der Waals surface area (Å²) in [7, 11) is 0. The van der Waals surface area contributed by atoms with E-state index in [4.69, 9.17) is 0 Å². The second kappa shape index (κ2) is 8.56. The van der Waals surface area contributed by atoms with Crippen molar-refractivity contribution in [1.29, 1.82) is 0 Å². The van der Waals surface area contributed by atoms with Crippen LogP contribution in [0.3, 0.4) is 0 Å². The monoisotopic (exact) mass is 410 g/mol. The number of pyridine rings is 1. The molecule has 5 rings (SSSR count). The molecule has 0 N–H and O–H groups in total. The Labute approximate surface area is 178 Å². The third-order valence-electron chi connectivity index (χ3n) is 7.71. The van der Waals surface area contributed by atoms with E-state index < -0.39 is 0 Å². The highest BCUT2D eigenvalue weighted by Crippen LogP contribution is 2.31. The fourth-order valence-electron chi connectivity index (χ4n) is 6.01. The zero-order valence-corrected chi connectivity index (χ0v) is 18.0. The van der Waals surface area contributed by atoms with Gasteiger partial charge in [0.25, 0.3) is 0 Å². The molecule has 1 amide bonds. The van der Waals surface area contributed by atoms with Gasteiger partial charge in [-0.1, -0.05) is 32.1 Å². The van der Waals surface area contributed by atoms with E-state index in [0.29, 0.717) is 24.8 Å². The van der Waals surface area contributed by atoms with Gasteiger partial charge in [0, 0.05) is 32.3 Å². The molecule has 3 heterocycles. The zero-order valence-electron chi connectivity index (χ0n) is 18.0. The predicted molar refractivity (Wildman–Crippen MR) is 117 cm³/mol. The van der Waals surface area contributed by atoms with Gasteiger partial charge < -0.3 is 4.90 Å². The van der Waals surface area contributed by atoms with Gasteiger partial charge in [0.2, 0.25) is 5.91 Å². The normalized spacial score (nSPS) is 23.6. The maximum Gasteiger partial charge on any atom is 0.330 e. The van der Waals surface area contributed by atoms with Crippen LogP contribution in [0.2, 0.25) is 0 Å². The third-order valence-corrected chi connectivity index (χ3v) is 7.71. The highest BCUT2D eigenvalue weighted by molar-refractivity contribution is 5.77. The van der Waals surface area contributed by atoms with Gasteiger partial charge in [-0.05, 0) is 56.1 Å². The number of carbonyl (C=O) groups is 1. The maximum absolute atomic E-state index is 13.5. The summed E-state index contributed by atoms with van der Waals surface area (Å²) in [4.78, 5) is 32.9. The van der Waals surface area contributed by atoms with E-state index in [2.05, 4.69) is 4.98 Å². The van der Waals surface area contributed by atoms with E-state index >= 15 is 0 Å². The first kappa shape index (κ1) is 19.8. The molecule has 162 valence electrons. The van der Waals surface area contributed by atoms with Crippen LogP contribution in [0.4, 0.5) is 0 Å². The van der Waals surface area contributed by atoms with Crippen molar-refractivity contribution < 1.29 is 4.79 Å². The van der Waals surface area contributed by atoms with Crippen molar-refractivity contribution in [3.8, 4) is 0 Å². The minimum Gasteiger partial charge on any atom is -0.341 e. The number of imidazole rings is 1. The first-order chi connectivity index (χ1) is 14.7. The van der Waals surface area contributed by atoms with Crippen molar-refractivity contribution in [2.24, 2.45) is 11.8 Å². The van der Waals surface area contributed by atoms with E-state index in [1.807, 2.05) is 26.2 Å². The van der Waals surface area contributed by atoms with Crippen molar-refractivity contribution >= 4 is 17.1 Å². The summed E-state index contributed by atoms with van der Waals surface area (Å²) in [6.07, 6.45) is 14.5. The second-order valence-corrected chi connectivity index (χ2v) is 9.75. The van der Waals surface area contributed by atoms with Gasteiger partial charge >= 0.3 is 5.69 Å². The molecule has 2 aromatic heterocycles. The third kappa shape index (κ3) is 3.81. The summed E-state index contributed by atoms with van der Waals surface area (Å²) < 4.78 is 3.85. The van der Waals surface area contributed by atoms with Crippen LogP contribution in [-0.2, 0) is 11.3 Å². The van der Waals surface area contributed by atoms with Gasteiger partial charge in [0.15, 0.2) is 5.65 Å². The Kier molecular flexibility index (Phi) is 5.66. The van der Waals surface area contributed by atoms with Crippen molar-refractivity contribution in [1.82, 2.24) is 19.0 Å². The van der Waals surface area contributed by atoms with Gasteiger partial charge in [-0.2, -0.15) is 0 Å². The standard InChI is InChI=1S/C24H34N4O2/c29-22(15-18-7-4-5-8-18)26-14-12-20(17-26)28-23-21(11-6-13-25-23)27(24(28)30)16-19-9-2-1-3-10-19/h6,11,13,18-20H,1-5,7-10,12,14-17H2/t20-/m1/s1. The van der Waals surface area contributed by atoms with Gasteiger partial charge in [-0.25, -0.2) is 9.78 Å². The number of amides is 1. The fraction of sp³-hybridized carbons (Fsp3) is 0.708. The fourth-order valence-corrected chi connectivity index (χ4v) is 6.01.